The number of ether oxygens (including phenoxy) is 1. The number of ketones is 1. The van der Waals surface area contributed by atoms with Gasteiger partial charge in [0.05, 0.1) is 22.8 Å². The van der Waals surface area contributed by atoms with E-state index in [4.69, 9.17) is 32.5 Å². The lowest BCUT2D eigenvalue weighted by atomic mass is 9.78. The van der Waals surface area contributed by atoms with Crippen LogP contribution in [-0.2, 0) is 16.1 Å². The number of nitrogens with zero attached hydrogens (tertiary/aromatic N) is 1. The summed E-state index contributed by atoms with van der Waals surface area (Å²) in [6, 6.07) is 5.43. The van der Waals surface area contributed by atoms with Gasteiger partial charge in [-0.05, 0) is 44.2 Å². The Bertz CT molecular complexity index is 854. The minimum Gasteiger partial charge on any atom is -0.373 e. The van der Waals surface area contributed by atoms with Crippen molar-refractivity contribution in [1.29, 1.82) is 0 Å². The van der Waals surface area contributed by atoms with E-state index in [9.17, 15) is 4.79 Å². The van der Waals surface area contributed by atoms with E-state index in [2.05, 4.69) is 12.1 Å². The summed E-state index contributed by atoms with van der Waals surface area (Å²) >= 11 is 12.8. The van der Waals surface area contributed by atoms with E-state index in [1.165, 1.54) is 0 Å². The molecule has 4 nitrogen and oxygen atoms in total. The number of hydrogen-bond donors (Lipinski definition) is 0. The Kier molecular flexibility index (Phi) is 5.82. The lowest BCUT2D eigenvalue weighted by molar-refractivity contribution is -0.133. The normalized spacial score (nSPS) is 25.3. The zero-order valence-corrected chi connectivity index (χ0v) is 17.7. The van der Waals surface area contributed by atoms with Crippen molar-refractivity contribution in [3.05, 3.63) is 39.6 Å². The topological polar surface area (TPSA) is 52.3 Å². The van der Waals surface area contributed by atoms with E-state index in [1.54, 1.807) is 12.1 Å². The Morgan fingerprint density at radius 2 is 1.93 bits per heavy atom. The molecule has 2 saturated carbocycles. The first-order chi connectivity index (χ1) is 13.5. The molecule has 0 N–H and O–H groups in total. The van der Waals surface area contributed by atoms with Crippen molar-refractivity contribution < 1.29 is 14.1 Å². The van der Waals surface area contributed by atoms with Gasteiger partial charge in [-0.2, -0.15) is 0 Å². The SMILES string of the molecule is CCC1CC(OCc2c(-c3c(Cl)cccc3Cl)noc2C2CC2)CC(C)C1=O. The van der Waals surface area contributed by atoms with Gasteiger partial charge in [0, 0.05) is 28.9 Å². The molecule has 2 aliphatic rings. The summed E-state index contributed by atoms with van der Waals surface area (Å²) in [7, 11) is 0. The monoisotopic (exact) mass is 421 g/mol. The molecule has 2 aliphatic carbocycles. The van der Waals surface area contributed by atoms with Crippen molar-refractivity contribution in [3.8, 4) is 11.3 Å². The second kappa shape index (κ2) is 8.17. The first kappa shape index (κ1) is 19.9. The highest BCUT2D eigenvalue weighted by Gasteiger charge is 2.36. The maximum atomic E-state index is 12.3. The first-order valence-corrected chi connectivity index (χ1v) is 10.8. The molecule has 1 heterocycles. The van der Waals surface area contributed by atoms with Gasteiger partial charge in [-0.25, -0.2) is 0 Å². The first-order valence-electron chi connectivity index (χ1n) is 10.1. The number of benzene rings is 1. The number of hydrogen-bond acceptors (Lipinski definition) is 4. The highest BCUT2D eigenvalue weighted by Crippen LogP contribution is 2.46. The molecule has 150 valence electrons. The van der Waals surface area contributed by atoms with Crippen LogP contribution in [0.25, 0.3) is 11.3 Å². The molecule has 0 saturated heterocycles. The molecule has 1 aromatic carbocycles. The zero-order valence-electron chi connectivity index (χ0n) is 16.2. The lowest BCUT2D eigenvalue weighted by Crippen LogP contribution is -2.35. The van der Waals surface area contributed by atoms with E-state index in [-0.39, 0.29) is 17.9 Å². The van der Waals surface area contributed by atoms with E-state index in [0.717, 1.165) is 43.4 Å². The number of rotatable bonds is 6. The molecule has 0 aliphatic heterocycles. The third-order valence-corrected chi connectivity index (χ3v) is 6.60. The number of carbonyl (C=O) groups excluding carboxylic acids is 1. The van der Waals surface area contributed by atoms with Gasteiger partial charge in [0.2, 0.25) is 0 Å². The summed E-state index contributed by atoms with van der Waals surface area (Å²) in [5.74, 6) is 1.80. The van der Waals surface area contributed by atoms with Crippen LogP contribution in [0.4, 0.5) is 0 Å². The van der Waals surface area contributed by atoms with Crippen LogP contribution in [0.2, 0.25) is 10.0 Å². The Morgan fingerprint density at radius 3 is 2.57 bits per heavy atom. The smallest absolute Gasteiger partial charge is 0.145 e. The van der Waals surface area contributed by atoms with Gasteiger partial charge in [0.1, 0.15) is 17.2 Å². The Labute approximate surface area is 175 Å². The molecule has 0 bridgehead atoms. The van der Waals surface area contributed by atoms with Crippen molar-refractivity contribution in [3.63, 3.8) is 0 Å². The van der Waals surface area contributed by atoms with Crippen molar-refractivity contribution >= 4 is 29.0 Å². The van der Waals surface area contributed by atoms with Gasteiger partial charge in [-0.15, -0.1) is 0 Å². The van der Waals surface area contributed by atoms with Crippen LogP contribution in [-0.4, -0.2) is 17.0 Å². The average Bonchev–Trinajstić information content (AvgIpc) is 3.43. The largest absolute Gasteiger partial charge is 0.373 e. The van der Waals surface area contributed by atoms with Gasteiger partial charge in [-0.3, -0.25) is 4.79 Å². The van der Waals surface area contributed by atoms with Crippen LogP contribution in [0.1, 0.15) is 63.2 Å². The maximum absolute atomic E-state index is 12.3. The molecule has 6 heteroatoms. The molecular formula is C22H25Cl2NO3. The van der Waals surface area contributed by atoms with E-state index >= 15 is 0 Å². The highest BCUT2D eigenvalue weighted by atomic mass is 35.5. The second-order valence-electron chi connectivity index (χ2n) is 8.06. The van der Waals surface area contributed by atoms with Crippen molar-refractivity contribution in [1.82, 2.24) is 5.16 Å². The standard InChI is InChI=1S/C22H25Cl2NO3/c1-3-13-10-15(9-12(2)21(13)26)27-11-16-20(25-28-22(16)14-7-8-14)19-17(23)5-4-6-18(19)24/h4-6,12-15H,3,7-11H2,1-2H3. The quantitative estimate of drug-likeness (QED) is 0.538. The second-order valence-corrected chi connectivity index (χ2v) is 8.87. The van der Waals surface area contributed by atoms with Crippen molar-refractivity contribution in [2.45, 2.75) is 64.6 Å². The van der Waals surface area contributed by atoms with Gasteiger partial charge >= 0.3 is 0 Å². The summed E-state index contributed by atoms with van der Waals surface area (Å²) in [5.41, 5.74) is 2.30. The fourth-order valence-corrected chi connectivity index (χ4v) is 4.77. The maximum Gasteiger partial charge on any atom is 0.145 e. The van der Waals surface area contributed by atoms with E-state index in [1.807, 2.05) is 13.0 Å². The Morgan fingerprint density at radius 1 is 1.21 bits per heavy atom. The average molecular weight is 422 g/mol. The Hall–Kier alpha value is -1.36. The molecule has 1 aromatic heterocycles. The summed E-state index contributed by atoms with van der Waals surface area (Å²) in [6.07, 6.45) is 4.68. The van der Waals surface area contributed by atoms with Crippen LogP contribution >= 0.6 is 23.2 Å². The van der Waals surface area contributed by atoms with E-state index < -0.39 is 0 Å². The zero-order chi connectivity index (χ0) is 19.8. The van der Waals surface area contributed by atoms with Crippen LogP contribution < -0.4 is 0 Å². The molecule has 3 atom stereocenters. The van der Waals surface area contributed by atoms with Gasteiger partial charge in [-0.1, -0.05) is 48.3 Å². The molecule has 2 fully saturated rings. The third kappa shape index (κ3) is 3.87. The fraction of sp³-hybridized carbons (Fsp3) is 0.545. The minimum absolute atomic E-state index is 0.0477. The summed E-state index contributed by atoms with van der Waals surface area (Å²) < 4.78 is 12.0. The molecule has 0 radical (unpaired) electrons. The molecule has 2 aromatic rings. The Balaban J connectivity index is 1.59. The van der Waals surface area contributed by atoms with Gasteiger partial charge < -0.3 is 9.26 Å². The summed E-state index contributed by atoms with van der Waals surface area (Å²) in [4.78, 5) is 12.3. The fourth-order valence-electron chi connectivity index (χ4n) is 4.20. The van der Waals surface area contributed by atoms with Crippen LogP contribution in [0.15, 0.2) is 22.7 Å². The van der Waals surface area contributed by atoms with Crippen LogP contribution in [0.5, 0.6) is 0 Å². The predicted octanol–water partition coefficient (Wildman–Crippen LogP) is 6.44. The van der Waals surface area contributed by atoms with Crippen molar-refractivity contribution in [2.24, 2.45) is 11.8 Å². The summed E-state index contributed by atoms with van der Waals surface area (Å²) in [6.45, 7) is 4.47. The number of carbonyl (C=O) groups is 1. The summed E-state index contributed by atoms with van der Waals surface area (Å²) in [5, 5.41) is 5.41. The third-order valence-electron chi connectivity index (χ3n) is 5.97. The van der Waals surface area contributed by atoms with Crippen LogP contribution in [0.3, 0.4) is 0 Å². The molecular weight excluding hydrogens is 397 g/mol. The van der Waals surface area contributed by atoms with E-state index in [0.29, 0.717) is 39.6 Å². The van der Waals surface area contributed by atoms with Gasteiger partial charge in [0.15, 0.2) is 0 Å². The van der Waals surface area contributed by atoms with Gasteiger partial charge in [0.25, 0.3) is 0 Å². The van der Waals surface area contributed by atoms with Crippen molar-refractivity contribution in [2.75, 3.05) is 0 Å². The minimum atomic E-state index is 0.0477. The molecule has 28 heavy (non-hydrogen) atoms. The number of halogens is 2. The molecule has 0 amide bonds. The highest BCUT2D eigenvalue weighted by molar-refractivity contribution is 6.39. The van der Waals surface area contributed by atoms with Crippen LogP contribution in [0, 0.1) is 11.8 Å². The predicted molar refractivity (Wildman–Crippen MR) is 110 cm³/mol. The molecule has 3 unspecified atom stereocenters. The molecule has 0 spiro atoms. The number of aromatic nitrogens is 1. The number of Topliss-reactive ketones (excluding diaryl/α,β-unsaturated/α-hetero) is 1. The lowest BCUT2D eigenvalue weighted by Gasteiger charge is -2.31. The molecule has 4 rings (SSSR count).